The first-order valence-electron chi connectivity index (χ1n) is 8.27. The lowest BCUT2D eigenvalue weighted by Gasteiger charge is -2.30. The Labute approximate surface area is 143 Å². The minimum Gasteiger partial charge on any atom is -0.213 e. The lowest BCUT2D eigenvalue weighted by atomic mass is 9.94. The molecule has 1 saturated heterocycles. The molecule has 2 heterocycles. The molecule has 1 aliphatic heterocycles. The fourth-order valence-corrected chi connectivity index (χ4v) is 4.21. The average Bonchev–Trinajstić information content (AvgIpc) is 2.56. The van der Waals surface area contributed by atoms with E-state index in [-0.39, 0.29) is 0 Å². The number of nitrogens with zero attached hydrogens (tertiary/aromatic N) is 3. The van der Waals surface area contributed by atoms with E-state index in [2.05, 4.69) is 23.2 Å². The summed E-state index contributed by atoms with van der Waals surface area (Å²) < 4.78 is 25.0. The molecule has 1 aromatic heterocycles. The second-order valence-electron chi connectivity index (χ2n) is 6.56. The summed E-state index contributed by atoms with van der Waals surface area (Å²) in [5, 5.41) is 8.72. The zero-order valence-electron chi connectivity index (χ0n) is 14.1. The van der Waals surface area contributed by atoms with Crippen molar-refractivity contribution in [2.75, 3.05) is 19.3 Å². The van der Waals surface area contributed by atoms with Gasteiger partial charge in [0.15, 0.2) is 0 Å². The normalized spacial score (nSPS) is 19.3. The van der Waals surface area contributed by atoms with Gasteiger partial charge < -0.3 is 0 Å². The van der Waals surface area contributed by atoms with E-state index >= 15 is 0 Å². The lowest BCUT2D eigenvalue weighted by molar-refractivity contribution is 0.265. The molecule has 0 saturated carbocycles. The van der Waals surface area contributed by atoms with Crippen LogP contribution in [0.2, 0.25) is 0 Å². The third-order valence-corrected chi connectivity index (χ3v) is 5.86. The molecule has 1 aromatic carbocycles. The number of hydrogen-bond donors (Lipinski definition) is 0. The molecule has 1 aliphatic rings. The molecule has 0 N–H and O–H groups in total. The number of sulfonamides is 1. The van der Waals surface area contributed by atoms with Crippen molar-refractivity contribution in [3.8, 4) is 11.3 Å². The van der Waals surface area contributed by atoms with Gasteiger partial charge in [0.1, 0.15) is 0 Å². The van der Waals surface area contributed by atoms with Crippen molar-refractivity contribution < 1.29 is 8.42 Å². The minimum absolute atomic E-state index is 0.312. The summed E-state index contributed by atoms with van der Waals surface area (Å²) >= 11 is 0. The molecule has 24 heavy (non-hydrogen) atoms. The second kappa shape index (κ2) is 6.99. The molecule has 128 valence electrons. The van der Waals surface area contributed by atoms with Gasteiger partial charge in [0.25, 0.3) is 0 Å². The Morgan fingerprint density at radius 2 is 1.96 bits per heavy atom. The van der Waals surface area contributed by atoms with Gasteiger partial charge in [-0.05, 0) is 49.8 Å². The Morgan fingerprint density at radius 3 is 2.62 bits per heavy atom. The highest BCUT2D eigenvalue weighted by molar-refractivity contribution is 7.88. The molecule has 1 atom stereocenters. The summed E-state index contributed by atoms with van der Waals surface area (Å²) in [6, 6.07) is 12.1. The van der Waals surface area contributed by atoms with E-state index in [0.717, 1.165) is 36.2 Å². The maximum Gasteiger partial charge on any atom is 0.211 e. The Morgan fingerprint density at radius 1 is 1.17 bits per heavy atom. The van der Waals surface area contributed by atoms with E-state index in [9.17, 15) is 8.42 Å². The molecule has 1 fully saturated rings. The van der Waals surface area contributed by atoms with Crippen LogP contribution in [0.3, 0.4) is 0 Å². The van der Waals surface area contributed by atoms with Crippen LogP contribution in [0.4, 0.5) is 0 Å². The molecule has 0 bridgehead atoms. The Hall–Kier alpha value is -1.79. The fraction of sp³-hybridized carbons (Fsp3) is 0.444. The van der Waals surface area contributed by atoms with E-state index in [0.29, 0.717) is 19.0 Å². The molecule has 1 unspecified atom stereocenters. The van der Waals surface area contributed by atoms with Crippen LogP contribution in [0.5, 0.6) is 0 Å². The highest BCUT2D eigenvalue weighted by Crippen LogP contribution is 2.23. The summed E-state index contributed by atoms with van der Waals surface area (Å²) in [5.41, 5.74) is 4.07. The molecule has 6 heteroatoms. The smallest absolute Gasteiger partial charge is 0.211 e. The average molecular weight is 345 g/mol. The van der Waals surface area contributed by atoms with Crippen LogP contribution in [0.15, 0.2) is 36.4 Å². The molecule has 0 radical (unpaired) electrons. The molecule has 2 aromatic rings. The zero-order chi connectivity index (χ0) is 17.2. The number of piperidine rings is 1. The molecular formula is C18H23N3O2S. The SMILES string of the molecule is Cc1ccccc1-c1ccc(CC2CCCN(S(C)(=O)=O)C2)nn1. The highest BCUT2D eigenvalue weighted by Gasteiger charge is 2.26. The van der Waals surface area contributed by atoms with E-state index < -0.39 is 10.0 Å². The summed E-state index contributed by atoms with van der Waals surface area (Å²) in [5.74, 6) is 0.312. The van der Waals surface area contributed by atoms with Gasteiger partial charge in [0.05, 0.1) is 17.6 Å². The number of hydrogen-bond acceptors (Lipinski definition) is 4. The fourth-order valence-electron chi connectivity index (χ4n) is 3.26. The maximum absolute atomic E-state index is 11.7. The first-order valence-corrected chi connectivity index (χ1v) is 10.1. The van der Waals surface area contributed by atoms with Crippen LogP contribution in [0, 0.1) is 12.8 Å². The number of aryl methyl sites for hydroxylation is 1. The van der Waals surface area contributed by atoms with E-state index in [1.165, 1.54) is 11.8 Å². The number of rotatable bonds is 4. The van der Waals surface area contributed by atoms with Crippen molar-refractivity contribution >= 4 is 10.0 Å². The molecule has 0 aliphatic carbocycles. The van der Waals surface area contributed by atoms with Gasteiger partial charge in [-0.2, -0.15) is 10.2 Å². The van der Waals surface area contributed by atoms with Gasteiger partial charge in [-0.3, -0.25) is 0 Å². The van der Waals surface area contributed by atoms with Crippen molar-refractivity contribution in [1.29, 1.82) is 0 Å². The molecule has 5 nitrogen and oxygen atoms in total. The van der Waals surface area contributed by atoms with Crippen LogP contribution in [-0.4, -0.2) is 42.3 Å². The summed E-state index contributed by atoms with van der Waals surface area (Å²) in [4.78, 5) is 0. The van der Waals surface area contributed by atoms with Gasteiger partial charge in [-0.15, -0.1) is 0 Å². The maximum atomic E-state index is 11.7. The second-order valence-corrected chi connectivity index (χ2v) is 8.54. The first-order chi connectivity index (χ1) is 11.4. The van der Waals surface area contributed by atoms with Gasteiger partial charge >= 0.3 is 0 Å². The standard InChI is InChI=1S/C18H23N3O2S/c1-14-6-3-4-8-17(14)18-10-9-16(19-20-18)12-15-7-5-11-21(13-15)24(2,22)23/h3-4,6,8-10,15H,5,7,11-13H2,1-2H3. The minimum atomic E-state index is -3.10. The van der Waals surface area contributed by atoms with Crippen LogP contribution in [-0.2, 0) is 16.4 Å². The number of aromatic nitrogens is 2. The van der Waals surface area contributed by atoms with Crippen molar-refractivity contribution in [1.82, 2.24) is 14.5 Å². The summed E-state index contributed by atoms with van der Waals surface area (Å²) in [7, 11) is -3.10. The van der Waals surface area contributed by atoms with E-state index in [1.807, 2.05) is 30.3 Å². The highest BCUT2D eigenvalue weighted by atomic mass is 32.2. The van der Waals surface area contributed by atoms with Gasteiger partial charge in [-0.25, -0.2) is 12.7 Å². The molecule has 0 amide bonds. The van der Waals surface area contributed by atoms with Crippen LogP contribution in [0.1, 0.15) is 24.1 Å². The van der Waals surface area contributed by atoms with Crippen molar-refractivity contribution in [2.24, 2.45) is 5.92 Å². The van der Waals surface area contributed by atoms with Crippen LogP contribution in [0.25, 0.3) is 11.3 Å². The lowest BCUT2D eigenvalue weighted by Crippen LogP contribution is -2.39. The van der Waals surface area contributed by atoms with E-state index in [1.54, 1.807) is 4.31 Å². The zero-order valence-corrected chi connectivity index (χ0v) is 15.0. The molecule has 0 spiro atoms. The van der Waals surface area contributed by atoms with Crippen molar-refractivity contribution in [3.63, 3.8) is 0 Å². The Kier molecular flexibility index (Phi) is 4.96. The predicted molar refractivity (Wildman–Crippen MR) is 95.0 cm³/mol. The quantitative estimate of drug-likeness (QED) is 0.855. The topological polar surface area (TPSA) is 63.2 Å². The van der Waals surface area contributed by atoms with Crippen molar-refractivity contribution in [2.45, 2.75) is 26.2 Å². The largest absolute Gasteiger partial charge is 0.213 e. The number of benzene rings is 1. The third kappa shape index (κ3) is 3.99. The molecular weight excluding hydrogens is 322 g/mol. The Balaban J connectivity index is 1.69. The molecule has 3 rings (SSSR count). The van der Waals surface area contributed by atoms with Crippen molar-refractivity contribution in [3.05, 3.63) is 47.7 Å². The van der Waals surface area contributed by atoms with Crippen LogP contribution < -0.4 is 0 Å². The van der Waals surface area contributed by atoms with Crippen LogP contribution >= 0.6 is 0 Å². The van der Waals surface area contributed by atoms with Gasteiger partial charge in [-0.1, -0.05) is 24.3 Å². The monoisotopic (exact) mass is 345 g/mol. The Bertz CT molecular complexity index is 803. The predicted octanol–water partition coefficient (Wildman–Crippen LogP) is 2.67. The first kappa shape index (κ1) is 17.0. The third-order valence-electron chi connectivity index (χ3n) is 4.59. The summed E-state index contributed by atoms with van der Waals surface area (Å²) in [6.07, 6.45) is 4.00. The summed E-state index contributed by atoms with van der Waals surface area (Å²) in [6.45, 7) is 3.28. The van der Waals surface area contributed by atoms with Gasteiger partial charge in [0.2, 0.25) is 10.0 Å². The van der Waals surface area contributed by atoms with Gasteiger partial charge in [0, 0.05) is 18.7 Å². The van der Waals surface area contributed by atoms with E-state index in [4.69, 9.17) is 0 Å².